The van der Waals surface area contributed by atoms with E-state index in [0.717, 1.165) is 0 Å². The number of hydrazine groups is 2. The van der Waals surface area contributed by atoms with Crippen molar-refractivity contribution in [2.24, 2.45) is 11.5 Å². The van der Waals surface area contributed by atoms with Crippen LogP contribution in [0.25, 0.3) is 0 Å². The third-order valence-electron chi connectivity index (χ3n) is 2.49. The summed E-state index contributed by atoms with van der Waals surface area (Å²) in [7, 11) is 0. The highest BCUT2D eigenvalue weighted by Gasteiger charge is 2.17. The van der Waals surface area contributed by atoms with Crippen LogP contribution in [0, 0.1) is 13.8 Å². The van der Waals surface area contributed by atoms with E-state index in [0.29, 0.717) is 11.4 Å². The summed E-state index contributed by atoms with van der Waals surface area (Å²) in [6, 6.07) is 1.39. The predicted octanol–water partition coefficient (Wildman–Crippen LogP) is -1.35. The smallest absolute Gasteiger partial charge is 0.271 e. The summed E-state index contributed by atoms with van der Waals surface area (Å²) in [4.78, 5) is 28.2. The predicted molar refractivity (Wildman–Crippen MR) is 88.5 cm³/mol. The van der Waals surface area contributed by atoms with E-state index in [1.165, 1.54) is 6.07 Å². The number of nitrogens with two attached hydrogens (primary N) is 2. The number of hydrogen-bond acceptors (Lipinski definition) is 5. The quantitative estimate of drug-likeness (QED) is 0.284. The maximum Gasteiger partial charge on any atom is 0.271 e. The van der Waals surface area contributed by atoms with Gasteiger partial charge in [-0.1, -0.05) is 0 Å². The molecule has 0 fully saturated rings. The zero-order chi connectivity index (χ0) is 16.9. The average molecular weight is 341 g/mol. The second kappa shape index (κ2) is 7.47. The number of nitrogens with one attached hydrogen (secondary N) is 4. The van der Waals surface area contributed by atoms with Crippen LogP contribution in [0.3, 0.4) is 0 Å². The first-order chi connectivity index (χ1) is 10.2. The molecule has 0 spiro atoms. The molecule has 9 nitrogen and oxygen atoms in total. The number of aromatic nitrogens is 1. The van der Waals surface area contributed by atoms with Crippen LogP contribution in [0.15, 0.2) is 6.07 Å². The van der Waals surface area contributed by atoms with Crippen LogP contribution < -0.4 is 33.2 Å². The lowest BCUT2D eigenvalue weighted by atomic mass is 10.1. The highest BCUT2D eigenvalue weighted by Crippen LogP contribution is 2.12. The number of hydrogen-bond donors (Lipinski definition) is 6. The number of thiocarbonyl (C=S) groups is 2. The summed E-state index contributed by atoms with van der Waals surface area (Å²) < 4.78 is 0. The van der Waals surface area contributed by atoms with Crippen molar-refractivity contribution in [3.05, 3.63) is 28.6 Å². The monoisotopic (exact) mass is 341 g/mol. The normalized spacial score (nSPS) is 9.55. The zero-order valence-electron chi connectivity index (χ0n) is 11.8. The van der Waals surface area contributed by atoms with E-state index in [1.54, 1.807) is 13.8 Å². The molecule has 1 rings (SSSR count). The minimum absolute atomic E-state index is 0.0929. The Bertz CT molecular complexity index is 596. The molecule has 2 amide bonds. The van der Waals surface area contributed by atoms with Crippen LogP contribution in [0.5, 0.6) is 0 Å². The Labute approximate surface area is 137 Å². The van der Waals surface area contributed by atoms with Crippen LogP contribution in [0.2, 0.25) is 0 Å². The van der Waals surface area contributed by atoms with Gasteiger partial charge in [0, 0.05) is 0 Å². The first kappa shape index (κ1) is 17.5. The van der Waals surface area contributed by atoms with Crippen molar-refractivity contribution in [1.29, 1.82) is 0 Å². The number of pyridine rings is 1. The average Bonchev–Trinajstić information content (AvgIpc) is 2.42. The second-order valence-electron chi connectivity index (χ2n) is 4.14. The Kier molecular flexibility index (Phi) is 5.95. The Morgan fingerprint density at radius 3 is 1.59 bits per heavy atom. The lowest BCUT2D eigenvalue weighted by Gasteiger charge is -2.12. The van der Waals surface area contributed by atoms with Crippen molar-refractivity contribution in [3.63, 3.8) is 0 Å². The first-order valence-corrected chi connectivity index (χ1v) is 6.73. The van der Waals surface area contributed by atoms with Gasteiger partial charge in [0.15, 0.2) is 10.2 Å². The lowest BCUT2D eigenvalue weighted by molar-refractivity contribution is 0.0942. The van der Waals surface area contributed by atoms with Gasteiger partial charge < -0.3 is 11.5 Å². The Morgan fingerprint density at radius 2 is 1.27 bits per heavy atom. The van der Waals surface area contributed by atoms with Gasteiger partial charge in [-0.3, -0.25) is 36.3 Å². The second-order valence-corrected chi connectivity index (χ2v) is 5.02. The molecule has 0 aliphatic rings. The van der Waals surface area contributed by atoms with E-state index < -0.39 is 11.8 Å². The highest BCUT2D eigenvalue weighted by atomic mass is 32.1. The number of carbonyl (C=O) groups is 2. The Hall–Kier alpha value is -2.53. The minimum atomic E-state index is -0.533. The fourth-order valence-electron chi connectivity index (χ4n) is 1.56. The van der Waals surface area contributed by atoms with Crippen molar-refractivity contribution >= 4 is 46.5 Å². The standard InChI is InChI=1S/C11H15N7O2S2/c1-4-6(8(19)15-17-10(12)21)3-7(5(2)14-4)9(20)16-18-11(13)22/h3H,1-2H3,(H,15,19)(H,16,20)(H3,12,17,21)(H3,13,18,22). The van der Waals surface area contributed by atoms with E-state index in [2.05, 4.69) is 51.1 Å². The van der Waals surface area contributed by atoms with E-state index in [4.69, 9.17) is 11.5 Å². The van der Waals surface area contributed by atoms with Gasteiger partial charge in [-0.15, -0.1) is 0 Å². The molecule has 0 atom stereocenters. The van der Waals surface area contributed by atoms with Crippen LogP contribution in [0.1, 0.15) is 32.1 Å². The minimum Gasteiger partial charge on any atom is -0.375 e. The maximum absolute atomic E-state index is 12.0. The summed E-state index contributed by atoms with van der Waals surface area (Å²) in [6.07, 6.45) is 0. The Balaban J connectivity index is 3.03. The molecule has 0 bridgehead atoms. The number of rotatable bonds is 2. The number of aryl methyl sites for hydroxylation is 2. The molecule has 1 aromatic rings. The van der Waals surface area contributed by atoms with E-state index in [9.17, 15) is 9.59 Å². The van der Waals surface area contributed by atoms with Crippen LogP contribution in [0.4, 0.5) is 0 Å². The molecule has 0 unspecified atom stereocenters. The molecule has 0 radical (unpaired) electrons. The van der Waals surface area contributed by atoms with Crippen molar-refractivity contribution in [1.82, 2.24) is 26.7 Å². The summed E-state index contributed by atoms with van der Waals surface area (Å²) in [5.41, 5.74) is 20.9. The van der Waals surface area contributed by atoms with Crippen molar-refractivity contribution in [2.45, 2.75) is 13.8 Å². The molecule has 11 heteroatoms. The van der Waals surface area contributed by atoms with Crippen LogP contribution >= 0.6 is 24.4 Å². The largest absolute Gasteiger partial charge is 0.375 e. The van der Waals surface area contributed by atoms with Crippen LogP contribution in [-0.2, 0) is 0 Å². The Morgan fingerprint density at radius 1 is 0.909 bits per heavy atom. The van der Waals surface area contributed by atoms with Gasteiger partial charge >= 0.3 is 0 Å². The third kappa shape index (κ3) is 4.79. The van der Waals surface area contributed by atoms with Gasteiger partial charge in [0.25, 0.3) is 11.8 Å². The molecule has 0 saturated heterocycles. The van der Waals surface area contributed by atoms with Gasteiger partial charge in [-0.05, 0) is 44.3 Å². The fraction of sp³-hybridized carbons (Fsp3) is 0.182. The first-order valence-electron chi connectivity index (χ1n) is 5.92. The molecule has 1 heterocycles. The molecule has 0 aliphatic heterocycles. The zero-order valence-corrected chi connectivity index (χ0v) is 13.4. The summed E-state index contributed by atoms with van der Waals surface area (Å²) >= 11 is 9.17. The van der Waals surface area contributed by atoms with Crippen molar-refractivity contribution in [3.8, 4) is 0 Å². The van der Waals surface area contributed by atoms with E-state index >= 15 is 0 Å². The molecular weight excluding hydrogens is 326 g/mol. The SMILES string of the molecule is Cc1nc(C)c(C(=O)NNC(N)=S)cc1C(=O)NNC(N)=S. The molecule has 22 heavy (non-hydrogen) atoms. The number of nitrogens with zero attached hydrogens (tertiary/aromatic N) is 1. The van der Waals surface area contributed by atoms with Crippen molar-refractivity contribution in [2.75, 3.05) is 0 Å². The highest BCUT2D eigenvalue weighted by molar-refractivity contribution is 7.80. The molecule has 0 saturated carbocycles. The van der Waals surface area contributed by atoms with E-state index in [1.807, 2.05) is 0 Å². The van der Waals surface area contributed by atoms with Crippen molar-refractivity contribution < 1.29 is 9.59 Å². The topological polar surface area (TPSA) is 147 Å². The lowest BCUT2D eigenvalue weighted by Crippen LogP contribution is -2.45. The van der Waals surface area contributed by atoms with Gasteiger partial charge in [0.2, 0.25) is 0 Å². The fourth-order valence-corrected chi connectivity index (χ4v) is 1.66. The molecule has 8 N–H and O–H groups in total. The summed E-state index contributed by atoms with van der Waals surface area (Å²) in [5.74, 6) is -1.07. The molecule has 1 aromatic heterocycles. The molecule has 0 aliphatic carbocycles. The van der Waals surface area contributed by atoms with Gasteiger partial charge in [-0.2, -0.15) is 0 Å². The summed E-state index contributed by atoms with van der Waals surface area (Å²) in [5, 5.41) is -0.186. The number of carbonyl (C=O) groups excluding carboxylic acids is 2. The molecule has 118 valence electrons. The maximum atomic E-state index is 12.0. The molecule has 0 aromatic carbocycles. The van der Waals surface area contributed by atoms with Crippen LogP contribution in [-0.4, -0.2) is 27.0 Å². The van der Waals surface area contributed by atoms with Gasteiger partial charge in [-0.25, -0.2) is 0 Å². The summed E-state index contributed by atoms with van der Waals surface area (Å²) in [6.45, 7) is 3.27. The van der Waals surface area contributed by atoms with E-state index in [-0.39, 0.29) is 21.4 Å². The molecular formula is C11H15N7O2S2. The number of amides is 2. The third-order valence-corrected chi connectivity index (χ3v) is 2.70. The van der Waals surface area contributed by atoms with Gasteiger partial charge in [0.1, 0.15) is 0 Å². The van der Waals surface area contributed by atoms with Gasteiger partial charge in [0.05, 0.1) is 22.5 Å².